The van der Waals surface area contributed by atoms with Crippen molar-refractivity contribution in [1.29, 1.82) is 0 Å². The van der Waals surface area contributed by atoms with E-state index in [4.69, 9.17) is 0 Å². The van der Waals surface area contributed by atoms with Gasteiger partial charge in [0.05, 0.1) is 0 Å². The topological polar surface area (TPSA) is 49.8 Å². The van der Waals surface area contributed by atoms with Gasteiger partial charge < -0.3 is 10.6 Å². The van der Waals surface area contributed by atoms with Gasteiger partial charge in [0.1, 0.15) is 18.0 Å². The van der Waals surface area contributed by atoms with E-state index in [-0.39, 0.29) is 0 Å². The summed E-state index contributed by atoms with van der Waals surface area (Å²) >= 11 is 0. The molecule has 0 saturated carbocycles. The Morgan fingerprint density at radius 3 is 2.63 bits per heavy atom. The SMILES string of the molecule is CCNc1cc(Nc2cccc(C(C)C)c2)ncn1. The summed E-state index contributed by atoms with van der Waals surface area (Å²) in [5.41, 5.74) is 2.36. The van der Waals surface area contributed by atoms with Crippen LogP contribution in [0.3, 0.4) is 0 Å². The molecule has 0 bridgehead atoms. The quantitative estimate of drug-likeness (QED) is 0.855. The van der Waals surface area contributed by atoms with Crippen LogP contribution in [0, 0.1) is 0 Å². The minimum Gasteiger partial charge on any atom is -0.370 e. The first kappa shape index (κ1) is 13.3. The van der Waals surface area contributed by atoms with Crippen LogP contribution in [0.25, 0.3) is 0 Å². The lowest BCUT2D eigenvalue weighted by atomic mass is 10.0. The van der Waals surface area contributed by atoms with Gasteiger partial charge in [-0.25, -0.2) is 9.97 Å². The number of nitrogens with one attached hydrogen (secondary N) is 2. The van der Waals surface area contributed by atoms with Crippen LogP contribution in [0.5, 0.6) is 0 Å². The van der Waals surface area contributed by atoms with Crippen molar-refractivity contribution in [3.05, 3.63) is 42.2 Å². The second-order valence-corrected chi connectivity index (χ2v) is 4.72. The molecule has 1 heterocycles. The van der Waals surface area contributed by atoms with Gasteiger partial charge in [0.15, 0.2) is 0 Å². The van der Waals surface area contributed by atoms with Gasteiger partial charge in [0.2, 0.25) is 0 Å². The Balaban J connectivity index is 2.16. The van der Waals surface area contributed by atoms with Gasteiger partial charge in [-0.05, 0) is 30.5 Å². The molecule has 0 aliphatic carbocycles. The molecular weight excluding hydrogens is 236 g/mol. The van der Waals surface area contributed by atoms with Gasteiger partial charge >= 0.3 is 0 Å². The first-order valence-corrected chi connectivity index (χ1v) is 6.62. The van der Waals surface area contributed by atoms with E-state index in [2.05, 4.69) is 52.6 Å². The fourth-order valence-electron chi connectivity index (χ4n) is 1.83. The third kappa shape index (κ3) is 3.68. The maximum atomic E-state index is 4.23. The van der Waals surface area contributed by atoms with Crippen LogP contribution in [-0.2, 0) is 0 Å². The highest BCUT2D eigenvalue weighted by molar-refractivity contribution is 5.59. The minimum atomic E-state index is 0.518. The average molecular weight is 256 g/mol. The fourth-order valence-corrected chi connectivity index (χ4v) is 1.83. The van der Waals surface area contributed by atoms with Crippen molar-refractivity contribution in [2.24, 2.45) is 0 Å². The molecule has 100 valence electrons. The molecule has 0 spiro atoms. The average Bonchev–Trinajstić information content (AvgIpc) is 2.40. The van der Waals surface area contributed by atoms with Crippen molar-refractivity contribution < 1.29 is 0 Å². The van der Waals surface area contributed by atoms with Crippen LogP contribution in [-0.4, -0.2) is 16.5 Å². The zero-order valence-corrected chi connectivity index (χ0v) is 11.6. The summed E-state index contributed by atoms with van der Waals surface area (Å²) in [7, 11) is 0. The number of benzene rings is 1. The lowest BCUT2D eigenvalue weighted by molar-refractivity contribution is 0.867. The van der Waals surface area contributed by atoms with E-state index in [1.165, 1.54) is 5.56 Å². The van der Waals surface area contributed by atoms with Crippen molar-refractivity contribution in [3.8, 4) is 0 Å². The van der Waals surface area contributed by atoms with Gasteiger partial charge in [-0.2, -0.15) is 0 Å². The van der Waals surface area contributed by atoms with Gasteiger partial charge in [0, 0.05) is 18.3 Å². The summed E-state index contributed by atoms with van der Waals surface area (Å²) in [5, 5.41) is 6.48. The van der Waals surface area contributed by atoms with Crippen LogP contribution < -0.4 is 10.6 Å². The van der Waals surface area contributed by atoms with Crippen molar-refractivity contribution in [1.82, 2.24) is 9.97 Å². The maximum absolute atomic E-state index is 4.23. The van der Waals surface area contributed by atoms with E-state index in [0.717, 1.165) is 23.9 Å². The number of anilines is 3. The molecule has 0 fully saturated rings. The molecule has 2 aromatic rings. The molecule has 1 aromatic carbocycles. The van der Waals surface area contributed by atoms with Crippen LogP contribution in [0.4, 0.5) is 17.3 Å². The Morgan fingerprint density at radius 1 is 1.11 bits per heavy atom. The molecule has 0 amide bonds. The number of rotatable bonds is 5. The number of aromatic nitrogens is 2. The van der Waals surface area contributed by atoms with Crippen LogP contribution in [0.15, 0.2) is 36.7 Å². The smallest absolute Gasteiger partial charge is 0.135 e. The third-order valence-corrected chi connectivity index (χ3v) is 2.85. The summed E-state index contributed by atoms with van der Waals surface area (Å²) in [4.78, 5) is 8.38. The highest BCUT2D eigenvalue weighted by atomic mass is 15.1. The monoisotopic (exact) mass is 256 g/mol. The molecule has 2 N–H and O–H groups in total. The zero-order chi connectivity index (χ0) is 13.7. The second kappa shape index (κ2) is 6.18. The van der Waals surface area contributed by atoms with Gasteiger partial charge in [-0.3, -0.25) is 0 Å². The molecule has 0 unspecified atom stereocenters. The Hall–Kier alpha value is -2.10. The molecular formula is C15H20N4. The van der Waals surface area contributed by atoms with Gasteiger partial charge in [-0.1, -0.05) is 26.0 Å². The molecule has 1 aromatic heterocycles. The van der Waals surface area contributed by atoms with Crippen molar-refractivity contribution >= 4 is 17.3 Å². The number of nitrogens with zero attached hydrogens (tertiary/aromatic N) is 2. The fraction of sp³-hybridized carbons (Fsp3) is 0.333. The second-order valence-electron chi connectivity index (χ2n) is 4.72. The highest BCUT2D eigenvalue weighted by Gasteiger charge is 2.02. The summed E-state index contributed by atoms with van der Waals surface area (Å²) in [6.07, 6.45) is 1.56. The van der Waals surface area contributed by atoms with Crippen LogP contribution >= 0.6 is 0 Å². The molecule has 0 saturated heterocycles. The maximum Gasteiger partial charge on any atom is 0.135 e. The lowest BCUT2D eigenvalue weighted by Crippen LogP contribution is -2.01. The molecule has 19 heavy (non-hydrogen) atoms. The van der Waals surface area contributed by atoms with Crippen molar-refractivity contribution in [2.45, 2.75) is 26.7 Å². The summed E-state index contributed by atoms with van der Waals surface area (Å²) in [5.74, 6) is 2.15. The van der Waals surface area contributed by atoms with Gasteiger partial charge in [0.25, 0.3) is 0 Å². The zero-order valence-electron chi connectivity index (χ0n) is 11.6. The molecule has 4 nitrogen and oxygen atoms in total. The largest absolute Gasteiger partial charge is 0.370 e. The Labute approximate surface area is 114 Å². The normalized spacial score (nSPS) is 10.5. The van der Waals surface area contributed by atoms with Crippen LogP contribution in [0.2, 0.25) is 0 Å². The van der Waals surface area contributed by atoms with Gasteiger partial charge in [-0.15, -0.1) is 0 Å². The van der Waals surface area contributed by atoms with E-state index in [9.17, 15) is 0 Å². The summed E-state index contributed by atoms with van der Waals surface area (Å²) in [6, 6.07) is 10.3. The predicted molar refractivity (Wildman–Crippen MR) is 80.0 cm³/mol. The van der Waals surface area contributed by atoms with E-state index >= 15 is 0 Å². The first-order chi connectivity index (χ1) is 9.19. The lowest BCUT2D eigenvalue weighted by Gasteiger charge is -2.10. The Morgan fingerprint density at radius 2 is 1.89 bits per heavy atom. The molecule has 0 atom stereocenters. The number of hydrogen-bond acceptors (Lipinski definition) is 4. The molecule has 2 rings (SSSR count). The van der Waals surface area contributed by atoms with E-state index < -0.39 is 0 Å². The Bertz CT molecular complexity index is 537. The van der Waals surface area contributed by atoms with E-state index in [1.54, 1.807) is 6.33 Å². The molecule has 0 radical (unpaired) electrons. The van der Waals surface area contributed by atoms with E-state index in [1.807, 2.05) is 19.1 Å². The first-order valence-electron chi connectivity index (χ1n) is 6.62. The summed E-state index contributed by atoms with van der Waals surface area (Å²) < 4.78 is 0. The standard InChI is InChI=1S/C15H20N4/c1-4-16-14-9-15(18-10-17-14)19-13-7-5-6-12(8-13)11(2)3/h5-11H,4H2,1-3H3,(H2,16,17,18,19). The predicted octanol–water partition coefficient (Wildman–Crippen LogP) is 3.78. The van der Waals surface area contributed by atoms with Crippen LogP contribution in [0.1, 0.15) is 32.3 Å². The molecule has 0 aliphatic heterocycles. The van der Waals surface area contributed by atoms with Crippen molar-refractivity contribution in [3.63, 3.8) is 0 Å². The number of hydrogen-bond donors (Lipinski definition) is 2. The highest BCUT2D eigenvalue weighted by Crippen LogP contribution is 2.21. The summed E-state index contributed by atoms with van der Waals surface area (Å²) in [6.45, 7) is 7.26. The third-order valence-electron chi connectivity index (χ3n) is 2.85. The van der Waals surface area contributed by atoms with Crippen molar-refractivity contribution in [2.75, 3.05) is 17.2 Å². The minimum absolute atomic E-state index is 0.518. The van der Waals surface area contributed by atoms with E-state index in [0.29, 0.717) is 5.92 Å². The Kier molecular flexibility index (Phi) is 4.34. The molecule has 0 aliphatic rings. The molecule has 4 heteroatoms.